The number of piperazine rings is 1. The molecule has 0 spiro atoms. The van der Waals surface area contributed by atoms with E-state index in [0.29, 0.717) is 12.1 Å². The van der Waals surface area contributed by atoms with Crippen molar-refractivity contribution in [2.45, 2.75) is 51.8 Å². The zero-order valence-corrected chi connectivity index (χ0v) is 29.4. The van der Waals surface area contributed by atoms with Crippen molar-refractivity contribution in [1.82, 2.24) is 14.4 Å². The summed E-state index contributed by atoms with van der Waals surface area (Å²) in [6, 6.07) is 16.9. The number of aromatic nitrogens is 1. The summed E-state index contributed by atoms with van der Waals surface area (Å²) in [6.07, 6.45) is -1.92. The molecule has 1 aliphatic rings. The van der Waals surface area contributed by atoms with Gasteiger partial charge in [-0.2, -0.15) is 0 Å². The second-order valence-electron chi connectivity index (χ2n) is 12.2. The first-order valence-corrected chi connectivity index (χ1v) is 15.6. The molecule has 0 amide bonds. The maximum atomic E-state index is 12.9. The highest BCUT2D eigenvalue weighted by atomic mass is 35.5. The van der Waals surface area contributed by atoms with Crippen LogP contribution in [0.25, 0.3) is 22.0 Å². The van der Waals surface area contributed by atoms with Gasteiger partial charge in [0.15, 0.2) is 0 Å². The van der Waals surface area contributed by atoms with Gasteiger partial charge in [0.1, 0.15) is 17.2 Å². The third-order valence-electron chi connectivity index (χ3n) is 9.00. The number of benzene rings is 3. The van der Waals surface area contributed by atoms with E-state index in [9.17, 15) is 13.2 Å². The summed E-state index contributed by atoms with van der Waals surface area (Å²) in [4.78, 5) is 4.96. The predicted molar refractivity (Wildman–Crippen MR) is 190 cm³/mol. The average molecular weight is 713 g/mol. The fraction of sp³-hybridized carbons (Fsp3) is 0.429. The van der Waals surface area contributed by atoms with E-state index in [1.165, 1.54) is 17.7 Å². The highest BCUT2D eigenvalue weighted by Gasteiger charge is 2.33. The molecular formula is C35H46Cl2F3N5O3. The Balaban J connectivity index is 0.00000312. The molecule has 5 rings (SSSR count). The van der Waals surface area contributed by atoms with Gasteiger partial charge in [0, 0.05) is 80.1 Å². The zero-order chi connectivity index (χ0) is 33.1. The van der Waals surface area contributed by atoms with Crippen LogP contribution in [-0.4, -0.2) is 67.7 Å². The molecule has 8 nitrogen and oxygen atoms in total. The van der Waals surface area contributed by atoms with Crippen molar-refractivity contribution in [2.24, 2.45) is 11.5 Å². The Morgan fingerprint density at radius 1 is 0.792 bits per heavy atom. The summed E-state index contributed by atoms with van der Waals surface area (Å²) < 4.78 is 56.1. The number of nitrogens with two attached hydrogens (primary N) is 2. The van der Waals surface area contributed by atoms with Crippen LogP contribution in [-0.2, 0) is 25.2 Å². The fourth-order valence-corrected chi connectivity index (χ4v) is 6.37. The van der Waals surface area contributed by atoms with Gasteiger partial charge in [-0.25, -0.2) is 0 Å². The molecule has 264 valence electrons. The van der Waals surface area contributed by atoms with Crippen molar-refractivity contribution in [3.8, 4) is 28.4 Å². The van der Waals surface area contributed by atoms with Crippen LogP contribution in [0.3, 0.4) is 0 Å². The van der Waals surface area contributed by atoms with Gasteiger partial charge in [0.25, 0.3) is 0 Å². The van der Waals surface area contributed by atoms with Crippen LogP contribution in [0.4, 0.5) is 13.2 Å². The summed E-state index contributed by atoms with van der Waals surface area (Å²) >= 11 is 0. The van der Waals surface area contributed by atoms with Crippen molar-refractivity contribution in [3.63, 3.8) is 0 Å². The fourth-order valence-electron chi connectivity index (χ4n) is 6.37. The molecule has 0 atom stereocenters. The predicted octanol–water partition coefficient (Wildman–Crippen LogP) is 6.93. The zero-order valence-electron chi connectivity index (χ0n) is 27.8. The van der Waals surface area contributed by atoms with E-state index in [1.54, 1.807) is 20.3 Å². The number of methoxy groups -OCH3 is 2. The van der Waals surface area contributed by atoms with E-state index in [4.69, 9.17) is 20.9 Å². The van der Waals surface area contributed by atoms with E-state index in [-0.39, 0.29) is 42.6 Å². The smallest absolute Gasteiger partial charge is 0.497 e. The largest absolute Gasteiger partial charge is 0.573 e. The molecule has 1 saturated heterocycles. The molecule has 1 aliphatic heterocycles. The van der Waals surface area contributed by atoms with E-state index in [1.807, 2.05) is 6.07 Å². The summed E-state index contributed by atoms with van der Waals surface area (Å²) in [7, 11) is 3.33. The third kappa shape index (κ3) is 8.88. The highest BCUT2D eigenvalue weighted by Crippen LogP contribution is 2.37. The normalized spacial score (nSPS) is 14.4. The Morgan fingerprint density at radius 2 is 1.46 bits per heavy atom. The minimum atomic E-state index is -4.77. The van der Waals surface area contributed by atoms with E-state index < -0.39 is 6.36 Å². The van der Waals surface area contributed by atoms with Crippen LogP contribution in [0.2, 0.25) is 0 Å². The van der Waals surface area contributed by atoms with Gasteiger partial charge in [-0.3, -0.25) is 9.80 Å². The van der Waals surface area contributed by atoms with Crippen molar-refractivity contribution < 1.29 is 27.4 Å². The van der Waals surface area contributed by atoms with Crippen LogP contribution in [0.15, 0.2) is 60.8 Å². The van der Waals surface area contributed by atoms with Crippen LogP contribution in [0.1, 0.15) is 37.0 Å². The molecule has 0 bridgehead atoms. The third-order valence-corrected chi connectivity index (χ3v) is 9.00. The van der Waals surface area contributed by atoms with Crippen molar-refractivity contribution in [2.75, 3.05) is 46.9 Å². The van der Waals surface area contributed by atoms with E-state index in [0.717, 1.165) is 84.8 Å². The number of nitrogens with zero attached hydrogens (tertiary/aromatic N) is 3. The van der Waals surface area contributed by atoms with Crippen LogP contribution in [0, 0.1) is 0 Å². The second kappa shape index (κ2) is 16.5. The molecule has 0 radical (unpaired) electrons. The molecule has 4 aromatic rings. The summed E-state index contributed by atoms with van der Waals surface area (Å²) in [6.45, 7) is 10.2. The van der Waals surface area contributed by atoms with Gasteiger partial charge in [-0.15, -0.1) is 38.0 Å². The van der Waals surface area contributed by atoms with Gasteiger partial charge in [-0.1, -0.05) is 12.1 Å². The number of rotatable bonds is 12. The number of halogens is 5. The van der Waals surface area contributed by atoms with E-state index in [2.05, 4.69) is 69.5 Å². The molecule has 0 aliphatic carbocycles. The standard InChI is InChI=1S/C35H44F3N5O3.2ClH/c1-34(2,26-18-28(44-3)20-29(19-26)45-4)43-14-12-41(13-15-43)22-24-6-9-33-31(16-24)32(23-42(33)11-5-10-39)30-8-7-27(17-25(30)21-40)46-35(36,37)38;;/h6-9,16-20,23H,5,10-15,21-22,39-40H2,1-4H3;2*1H. The maximum absolute atomic E-state index is 12.9. The van der Waals surface area contributed by atoms with Crippen molar-refractivity contribution in [3.05, 3.63) is 77.5 Å². The van der Waals surface area contributed by atoms with Crippen LogP contribution in [0.5, 0.6) is 17.2 Å². The SMILES string of the molecule is COc1cc(OC)cc(C(C)(C)N2CCN(Cc3ccc4c(c3)c(-c3ccc(OC(F)(F)F)cc3CN)cn4CCCN)CC2)c1.Cl.Cl. The quantitative estimate of drug-likeness (QED) is 0.165. The average Bonchev–Trinajstić information content (AvgIpc) is 3.40. The number of alkyl halides is 3. The lowest BCUT2D eigenvalue weighted by molar-refractivity contribution is -0.274. The summed E-state index contributed by atoms with van der Waals surface area (Å²) in [5, 5.41) is 1.03. The lowest BCUT2D eigenvalue weighted by atomic mass is 9.91. The highest BCUT2D eigenvalue weighted by molar-refractivity contribution is 5.97. The Morgan fingerprint density at radius 3 is 2.04 bits per heavy atom. The van der Waals surface area contributed by atoms with Crippen molar-refractivity contribution >= 4 is 35.7 Å². The first-order chi connectivity index (χ1) is 21.9. The van der Waals surface area contributed by atoms with Crippen molar-refractivity contribution in [1.29, 1.82) is 0 Å². The molecule has 48 heavy (non-hydrogen) atoms. The maximum Gasteiger partial charge on any atom is 0.573 e. The van der Waals surface area contributed by atoms with Gasteiger partial charge < -0.3 is 30.2 Å². The Bertz CT molecular complexity index is 1630. The number of fused-ring (bicyclic) bond motifs is 1. The Kier molecular flexibility index (Phi) is 13.5. The Labute approximate surface area is 292 Å². The van der Waals surface area contributed by atoms with Gasteiger partial charge in [0.2, 0.25) is 0 Å². The molecule has 0 unspecified atom stereocenters. The molecule has 2 heterocycles. The summed E-state index contributed by atoms with van der Waals surface area (Å²) in [5.74, 6) is 1.27. The Hall–Kier alpha value is -3.19. The first kappa shape index (κ1) is 39.3. The topological polar surface area (TPSA) is 91.1 Å². The lowest BCUT2D eigenvalue weighted by Gasteiger charge is -2.44. The van der Waals surface area contributed by atoms with Crippen LogP contribution < -0.4 is 25.7 Å². The minimum absolute atomic E-state index is 0. The van der Waals surface area contributed by atoms with E-state index >= 15 is 0 Å². The number of ether oxygens (including phenoxy) is 3. The van der Waals surface area contributed by atoms with Gasteiger partial charge in [0.05, 0.1) is 14.2 Å². The summed E-state index contributed by atoms with van der Waals surface area (Å²) in [5.41, 5.74) is 17.3. The molecule has 1 aromatic heterocycles. The van der Waals surface area contributed by atoms with Gasteiger partial charge >= 0.3 is 6.36 Å². The monoisotopic (exact) mass is 711 g/mol. The lowest BCUT2D eigenvalue weighted by Crippen LogP contribution is -2.52. The number of aryl methyl sites for hydroxylation is 1. The number of hydrogen-bond donors (Lipinski definition) is 2. The second-order valence-corrected chi connectivity index (χ2v) is 12.2. The molecule has 13 heteroatoms. The van der Waals surface area contributed by atoms with Gasteiger partial charge in [-0.05, 0) is 85.5 Å². The van der Waals surface area contributed by atoms with Crippen LogP contribution >= 0.6 is 24.8 Å². The molecule has 1 fully saturated rings. The number of hydrogen-bond acceptors (Lipinski definition) is 7. The minimum Gasteiger partial charge on any atom is -0.497 e. The molecular weight excluding hydrogens is 666 g/mol. The molecule has 4 N–H and O–H groups in total. The molecule has 3 aromatic carbocycles. The molecule has 0 saturated carbocycles. The first-order valence-electron chi connectivity index (χ1n) is 15.6.